The lowest BCUT2D eigenvalue weighted by Crippen LogP contribution is -2.43. The van der Waals surface area contributed by atoms with Crippen LogP contribution in [0, 0.1) is 10.1 Å². The third-order valence-corrected chi connectivity index (χ3v) is 3.82. The van der Waals surface area contributed by atoms with Crippen molar-refractivity contribution in [3.05, 3.63) is 69.8 Å². The lowest BCUT2D eigenvalue weighted by atomic mass is 10.2. The molecule has 30 heavy (non-hydrogen) atoms. The highest BCUT2D eigenvalue weighted by molar-refractivity contribution is 5.96. The van der Waals surface area contributed by atoms with Gasteiger partial charge in [-0.2, -0.15) is 13.2 Å². The van der Waals surface area contributed by atoms with E-state index < -0.39 is 41.1 Å². The molecule has 0 saturated carbocycles. The molecule has 2 rings (SSSR count). The number of nitro benzene ring substituents is 1. The van der Waals surface area contributed by atoms with Gasteiger partial charge < -0.3 is 15.4 Å². The molecule has 2 aromatic rings. The molecule has 160 valence electrons. The first-order valence-electron chi connectivity index (χ1n) is 8.69. The minimum Gasteiger partial charge on any atom is -0.491 e. The predicted molar refractivity (Wildman–Crippen MR) is 100.0 cm³/mol. The summed E-state index contributed by atoms with van der Waals surface area (Å²) >= 11 is 0. The fourth-order valence-electron chi connectivity index (χ4n) is 2.43. The number of carbonyl (C=O) groups excluding carboxylic acids is 2. The first-order chi connectivity index (χ1) is 14.1. The summed E-state index contributed by atoms with van der Waals surface area (Å²) in [5.74, 6) is -1.64. The topological polar surface area (TPSA) is 111 Å². The van der Waals surface area contributed by atoms with E-state index in [1.165, 1.54) is 43.3 Å². The zero-order chi connectivity index (χ0) is 22.3. The molecule has 0 spiro atoms. The first-order valence-corrected chi connectivity index (χ1v) is 8.69. The third-order valence-electron chi connectivity index (χ3n) is 3.82. The number of carbonyl (C=O) groups is 2. The minimum absolute atomic E-state index is 0.0112. The van der Waals surface area contributed by atoms with Crippen molar-refractivity contribution in [3.8, 4) is 5.75 Å². The molecule has 0 radical (unpaired) electrons. The van der Waals surface area contributed by atoms with Gasteiger partial charge in [-0.3, -0.25) is 19.7 Å². The van der Waals surface area contributed by atoms with Gasteiger partial charge in [-0.25, -0.2) is 0 Å². The summed E-state index contributed by atoms with van der Waals surface area (Å²) in [7, 11) is 0. The Labute approximate surface area is 169 Å². The number of benzene rings is 2. The van der Waals surface area contributed by atoms with Crippen LogP contribution in [0.4, 0.5) is 18.9 Å². The number of ether oxygens (including phenoxy) is 1. The summed E-state index contributed by atoms with van der Waals surface area (Å²) < 4.78 is 44.0. The van der Waals surface area contributed by atoms with Crippen molar-refractivity contribution in [1.82, 2.24) is 10.6 Å². The molecule has 0 aliphatic heterocycles. The van der Waals surface area contributed by atoms with Crippen LogP contribution in [-0.4, -0.2) is 35.9 Å². The van der Waals surface area contributed by atoms with Crippen LogP contribution in [0.15, 0.2) is 48.5 Å². The molecule has 0 heterocycles. The largest absolute Gasteiger partial charge is 0.491 e. The van der Waals surface area contributed by atoms with Crippen LogP contribution in [0.3, 0.4) is 0 Å². The van der Waals surface area contributed by atoms with Crippen molar-refractivity contribution in [1.29, 1.82) is 0 Å². The zero-order valence-electron chi connectivity index (χ0n) is 15.7. The number of amides is 2. The summed E-state index contributed by atoms with van der Waals surface area (Å²) in [6.07, 6.45) is -4.57. The molecule has 2 amide bonds. The molecule has 0 aliphatic rings. The maximum atomic E-state index is 12.9. The van der Waals surface area contributed by atoms with E-state index in [4.69, 9.17) is 4.74 Å². The standard InChI is InChI=1S/C19H18F3N3O5/c1-12(11-30-16-8-3-2-7-15(16)19(20,21)22)24-17(26)10-23-18(27)13-5-4-6-14(9-13)25(28)29/h2-9,12H,10-11H2,1H3,(H,23,27)(H,24,26). The van der Waals surface area contributed by atoms with Crippen molar-refractivity contribution in [3.63, 3.8) is 0 Å². The Balaban J connectivity index is 1.83. The van der Waals surface area contributed by atoms with E-state index in [9.17, 15) is 32.9 Å². The van der Waals surface area contributed by atoms with E-state index in [2.05, 4.69) is 10.6 Å². The van der Waals surface area contributed by atoms with Gasteiger partial charge in [-0.1, -0.05) is 18.2 Å². The zero-order valence-corrected chi connectivity index (χ0v) is 15.7. The number of hydrogen-bond acceptors (Lipinski definition) is 5. The molecule has 2 N–H and O–H groups in total. The third kappa shape index (κ3) is 6.47. The van der Waals surface area contributed by atoms with E-state index in [1.54, 1.807) is 0 Å². The predicted octanol–water partition coefficient (Wildman–Crippen LogP) is 2.93. The summed E-state index contributed by atoms with van der Waals surface area (Å²) in [6.45, 7) is 0.874. The van der Waals surface area contributed by atoms with Crippen LogP contribution in [0.25, 0.3) is 0 Å². The fourth-order valence-corrected chi connectivity index (χ4v) is 2.43. The van der Waals surface area contributed by atoms with Gasteiger partial charge in [-0.15, -0.1) is 0 Å². The number of halogens is 3. The van der Waals surface area contributed by atoms with Gasteiger partial charge in [0.05, 0.1) is 23.1 Å². The number of nitro groups is 1. The molecule has 1 unspecified atom stereocenters. The Morgan fingerprint density at radius 1 is 1.17 bits per heavy atom. The number of nitrogens with one attached hydrogen (secondary N) is 2. The van der Waals surface area contributed by atoms with Gasteiger partial charge >= 0.3 is 6.18 Å². The maximum Gasteiger partial charge on any atom is 0.419 e. The number of alkyl halides is 3. The van der Waals surface area contributed by atoms with E-state index in [-0.39, 0.29) is 23.6 Å². The average Bonchev–Trinajstić information content (AvgIpc) is 2.70. The smallest absolute Gasteiger partial charge is 0.419 e. The van der Waals surface area contributed by atoms with Gasteiger partial charge in [0.15, 0.2) is 0 Å². The van der Waals surface area contributed by atoms with Crippen LogP contribution >= 0.6 is 0 Å². The van der Waals surface area contributed by atoms with Gasteiger partial charge in [0.2, 0.25) is 5.91 Å². The van der Waals surface area contributed by atoms with Gasteiger partial charge in [0.1, 0.15) is 12.4 Å². The molecular weight excluding hydrogens is 407 g/mol. The Morgan fingerprint density at radius 3 is 2.53 bits per heavy atom. The van der Waals surface area contributed by atoms with Crippen LogP contribution < -0.4 is 15.4 Å². The second-order valence-electron chi connectivity index (χ2n) is 6.26. The molecule has 11 heteroatoms. The maximum absolute atomic E-state index is 12.9. The van der Waals surface area contributed by atoms with Crippen LogP contribution in [0.2, 0.25) is 0 Å². The van der Waals surface area contributed by atoms with Gasteiger partial charge in [-0.05, 0) is 25.1 Å². The normalized spacial score (nSPS) is 12.0. The Hall–Kier alpha value is -3.63. The second kappa shape index (κ2) is 9.72. The van der Waals surface area contributed by atoms with Crippen molar-refractivity contribution < 1.29 is 32.4 Å². The molecule has 0 aliphatic carbocycles. The molecule has 0 saturated heterocycles. The van der Waals surface area contributed by atoms with E-state index >= 15 is 0 Å². The highest BCUT2D eigenvalue weighted by atomic mass is 19.4. The average molecular weight is 425 g/mol. The van der Waals surface area contributed by atoms with Gasteiger partial charge in [0, 0.05) is 17.7 Å². The molecule has 2 aromatic carbocycles. The molecule has 1 atom stereocenters. The summed E-state index contributed by atoms with van der Waals surface area (Å²) in [5, 5.41) is 15.5. The van der Waals surface area contributed by atoms with Crippen molar-refractivity contribution in [2.75, 3.05) is 13.2 Å². The Kier molecular flexibility index (Phi) is 7.34. The van der Waals surface area contributed by atoms with Crippen molar-refractivity contribution in [2.24, 2.45) is 0 Å². The number of nitrogens with zero attached hydrogens (tertiary/aromatic N) is 1. The molecule has 0 aromatic heterocycles. The molecular formula is C19H18F3N3O5. The fraction of sp³-hybridized carbons (Fsp3) is 0.263. The van der Waals surface area contributed by atoms with Crippen LogP contribution in [-0.2, 0) is 11.0 Å². The van der Waals surface area contributed by atoms with Crippen LogP contribution in [0.1, 0.15) is 22.8 Å². The number of rotatable bonds is 8. The van der Waals surface area contributed by atoms with Gasteiger partial charge in [0.25, 0.3) is 11.6 Å². The van der Waals surface area contributed by atoms with E-state index in [0.29, 0.717) is 0 Å². The number of non-ortho nitro benzene ring substituents is 1. The quantitative estimate of drug-likeness (QED) is 0.499. The lowest BCUT2D eigenvalue weighted by Gasteiger charge is -2.18. The minimum atomic E-state index is -4.57. The summed E-state index contributed by atoms with van der Waals surface area (Å²) in [5.41, 5.74) is -1.18. The van der Waals surface area contributed by atoms with Crippen molar-refractivity contribution in [2.45, 2.75) is 19.1 Å². The SMILES string of the molecule is CC(COc1ccccc1C(F)(F)F)NC(=O)CNC(=O)c1cccc([N+](=O)[O-])c1. The monoisotopic (exact) mass is 425 g/mol. The number of hydrogen-bond donors (Lipinski definition) is 2. The summed E-state index contributed by atoms with van der Waals surface area (Å²) in [4.78, 5) is 34.0. The Morgan fingerprint density at radius 2 is 1.87 bits per heavy atom. The Bertz CT molecular complexity index is 934. The second-order valence-corrected chi connectivity index (χ2v) is 6.26. The molecule has 8 nitrogen and oxygen atoms in total. The summed E-state index contributed by atoms with van der Waals surface area (Å²) in [6, 6.07) is 9.05. The van der Waals surface area contributed by atoms with E-state index in [0.717, 1.165) is 12.1 Å². The number of para-hydroxylation sites is 1. The molecule has 0 bridgehead atoms. The van der Waals surface area contributed by atoms with Crippen LogP contribution in [0.5, 0.6) is 5.75 Å². The lowest BCUT2D eigenvalue weighted by molar-refractivity contribution is -0.384. The molecule has 0 fully saturated rings. The van der Waals surface area contributed by atoms with E-state index in [1.807, 2.05) is 0 Å². The first kappa shape index (κ1) is 22.7. The highest BCUT2D eigenvalue weighted by Gasteiger charge is 2.34. The highest BCUT2D eigenvalue weighted by Crippen LogP contribution is 2.35. The van der Waals surface area contributed by atoms with Crippen molar-refractivity contribution >= 4 is 17.5 Å².